The van der Waals surface area contributed by atoms with Crippen LogP contribution in [0.3, 0.4) is 0 Å². The number of hydrogen-bond acceptors (Lipinski definition) is 2. The summed E-state index contributed by atoms with van der Waals surface area (Å²) in [4.78, 5) is 11.6. The van der Waals surface area contributed by atoms with Gasteiger partial charge in [0.1, 0.15) is 5.38 Å². The summed E-state index contributed by atoms with van der Waals surface area (Å²) in [5, 5.41) is 2.20. The smallest absolute Gasteiger partial charge is 0.242 e. The van der Waals surface area contributed by atoms with Gasteiger partial charge in [-0.15, -0.1) is 11.6 Å². The molecule has 82 valence electrons. The lowest BCUT2D eigenvalue weighted by Crippen LogP contribution is -2.28. The van der Waals surface area contributed by atoms with E-state index in [9.17, 15) is 4.79 Å². The summed E-state index contributed by atoms with van der Waals surface area (Å²) >= 11 is 7.71. The van der Waals surface area contributed by atoms with Gasteiger partial charge in [-0.05, 0) is 11.8 Å². The van der Waals surface area contributed by atoms with Crippen LogP contribution in [-0.2, 0) is 4.79 Å². The first kappa shape index (κ1) is 12.4. The summed E-state index contributed by atoms with van der Waals surface area (Å²) in [6.07, 6.45) is 2.00. The lowest BCUT2D eigenvalue weighted by molar-refractivity contribution is -0.120. The largest absolute Gasteiger partial charge is 0.354 e. The van der Waals surface area contributed by atoms with E-state index < -0.39 is 5.38 Å². The third-order valence-corrected chi connectivity index (χ3v) is 2.99. The number of alkyl halides is 1. The lowest BCUT2D eigenvalue weighted by atomic mass is 10.1. The first-order valence-electron chi connectivity index (χ1n) is 4.71. The number of thioether (sulfide) groups is 1. The van der Waals surface area contributed by atoms with E-state index in [0.717, 1.165) is 11.3 Å². The minimum absolute atomic E-state index is 0.128. The fraction of sp³-hybridized carbons (Fsp3) is 0.364. The molecule has 15 heavy (non-hydrogen) atoms. The number of nitrogens with one attached hydrogen (secondary N) is 1. The molecule has 2 nitrogen and oxygen atoms in total. The molecule has 1 N–H and O–H groups in total. The van der Waals surface area contributed by atoms with E-state index in [-0.39, 0.29) is 5.91 Å². The predicted molar refractivity (Wildman–Crippen MR) is 66.4 cm³/mol. The van der Waals surface area contributed by atoms with Crippen LogP contribution >= 0.6 is 23.4 Å². The van der Waals surface area contributed by atoms with Crippen LogP contribution in [0.5, 0.6) is 0 Å². The van der Waals surface area contributed by atoms with Crippen molar-refractivity contribution in [3.8, 4) is 0 Å². The highest BCUT2D eigenvalue weighted by atomic mass is 35.5. The lowest BCUT2D eigenvalue weighted by Gasteiger charge is -2.09. The molecule has 1 atom stereocenters. The van der Waals surface area contributed by atoms with Gasteiger partial charge in [0.2, 0.25) is 5.91 Å². The molecular weight excluding hydrogens is 230 g/mol. The number of benzene rings is 1. The zero-order valence-electron chi connectivity index (χ0n) is 8.57. The van der Waals surface area contributed by atoms with E-state index in [1.54, 1.807) is 11.8 Å². The molecule has 1 aromatic rings. The maximum absolute atomic E-state index is 11.6. The molecule has 1 amide bonds. The zero-order chi connectivity index (χ0) is 11.1. The molecule has 1 aromatic carbocycles. The third kappa shape index (κ3) is 4.14. The van der Waals surface area contributed by atoms with Crippen molar-refractivity contribution < 1.29 is 4.79 Å². The fourth-order valence-electron chi connectivity index (χ4n) is 1.14. The Hall–Kier alpha value is -0.670. The Morgan fingerprint density at radius 3 is 2.73 bits per heavy atom. The van der Waals surface area contributed by atoms with Gasteiger partial charge in [0.15, 0.2) is 0 Å². The van der Waals surface area contributed by atoms with Crippen molar-refractivity contribution in [3.63, 3.8) is 0 Å². The Balaban J connectivity index is 2.46. The highest BCUT2D eigenvalue weighted by molar-refractivity contribution is 7.98. The van der Waals surface area contributed by atoms with Gasteiger partial charge in [-0.3, -0.25) is 4.79 Å². The van der Waals surface area contributed by atoms with Crippen LogP contribution in [0.2, 0.25) is 0 Å². The van der Waals surface area contributed by atoms with Crippen LogP contribution in [0.4, 0.5) is 0 Å². The van der Waals surface area contributed by atoms with E-state index in [0.29, 0.717) is 6.54 Å². The van der Waals surface area contributed by atoms with Gasteiger partial charge < -0.3 is 5.32 Å². The number of amides is 1. The maximum atomic E-state index is 11.6. The highest BCUT2D eigenvalue weighted by Gasteiger charge is 2.15. The summed E-state index contributed by atoms with van der Waals surface area (Å²) in [6, 6.07) is 9.36. The average molecular weight is 244 g/mol. The molecule has 0 fully saturated rings. The second-order valence-electron chi connectivity index (χ2n) is 3.06. The molecule has 0 saturated carbocycles. The van der Waals surface area contributed by atoms with Gasteiger partial charge >= 0.3 is 0 Å². The summed E-state index contributed by atoms with van der Waals surface area (Å²) in [6.45, 7) is 0.663. The molecule has 4 heteroatoms. The normalized spacial score (nSPS) is 12.1. The molecule has 0 spiro atoms. The summed E-state index contributed by atoms with van der Waals surface area (Å²) in [7, 11) is 0. The van der Waals surface area contributed by atoms with E-state index in [1.807, 2.05) is 36.6 Å². The van der Waals surface area contributed by atoms with Crippen molar-refractivity contribution in [1.29, 1.82) is 0 Å². The molecule has 0 aliphatic rings. The number of carbonyl (C=O) groups is 1. The Morgan fingerprint density at radius 1 is 1.47 bits per heavy atom. The molecule has 1 rings (SSSR count). The van der Waals surface area contributed by atoms with Crippen molar-refractivity contribution in [1.82, 2.24) is 5.32 Å². The molecule has 0 aliphatic carbocycles. The van der Waals surface area contributed by atoms with Crippen LogP contribution in [0.15, 0.2) is 30.3 Å². The van der Waals surface area contributed by atoms with Gasteiger partial charge in [0.25, 0.3) is 0 Å². The van der Waals surface area contributed by atoms with E-state index in [4.69, 9.17) is 11.6 Å². The Morgan fingerprint density at radius 2 is 2.13 bits per heavy atom. The number of hydrogen-bond donors (Lipinski definition) is 1. The highest BCUT2D eigenvalue weighted by Crippen LogP contribution is 2.19. The number of halogens is 1. The van der Waals surface area contributed by atoms with Gasteiger partial charge in [0.05, 0.1) is 0 Å². The van der Waals surface area contributed by atoms with Crippen molar-refractivity contribution in [2.45, 2.75) is 5.38 Å². The second kappa shape index (κ2) is 6.75. The summed E-state index contributed by atoms with van der Waals surface area (Å²) in [5.74, 6) is 0.779. The predicted octanol–water partition coefficient (Wildman–Crippen LogP) is 2.45. The van der Waals surface area contributed by atoms with E-state index in [2.05, 4.69) is 5.32 Å². The average Bonchev–Trinajstić information content (AvgIpc) is 2.29. The molecule has 0 saturated heterocycles. The van der Waals surface area contributed by atoms with Crippen molar-refractivity contribution >= 4 is 29.3 Å². The molecule has 0 aliphatic heterocycles. The van der Waals surface area contributed by atoms with Gasteiger partial charge in [-0.1, -0.05) is 30.3 Å². The monoisotopic (exact) mass is 243 g/mol. The Labute approximate surface area is 99.4 Å². The van der Waals surface area contributed by atoms with Gasteiger partial charge in [0, 0.05) is 12.3 Å². The van der Waals surface area contributed by atoms with Crippen LogP contribution in [-0.4, -0.2) is 24.5 Å². The molecule has 0 heterocycles. The molecule has 0 radical (unpaired) electrons. The molecular formula is C11H14ClNOS. The third-order valence-electron chi connectivity index (χ3n) is 1.93. The van der Waals surface area contributed by atoms with Crippen LogP contribution in [0.25, 0.3) is 0 Å². The fourth-order valence-corrected chi connectivity index (χ4v) is 1.67. The number of rotatable bonds is 5. The Bertz CT molecular complexity index is 305. The summed E-state index contributed by atoms with van der Waals surface area (Å²) in [5.41, 5.74) is 0.834. The first-order chi connectivity index (χ1) is 7.25. The minimum atomic E-state index is -0.590. The van der Waals surface area contributed by atoms with Crippen LogP contribution < -0.4 is 5.32 Å². The first-order valence-corrected chi connectivity index (χ1v) is 6.54. The standard InChI is InChI=1S/C11H14ClNOS/c1-15-8-7-13-11(14)10(12)9-5-3-2-4-6-9/h2-6,10H,7-8H2,1H3,(H,13,14). The molecule has 0 aromatic heterocycles. The van der Waals surface area contributed by atoms with Crippen LogP contribution in [0, 0.1) is 0 Å². The van der Waals surface area contributed by atoms with Crippen molar-refractivity contribution in [2.75, 3.05) is 18.6 Å². The van der Waals surface area contributed by atoms with Gasteiger partial charge in [-0.2, -0.15) is 11.8 Å². The SMILES string of the molecule is CSCCNC(=O)C(Cl)c1ccccc1. The summed E-state index contributed by atoms with van der Waals surface area (Å²) < 4.78 is 0. The minimum Gasteiger partial charge on any atom is -0.354 e. The topological polar surface area (TPSA) is 29.1 Å². The van der Waals surface area contributed by atoms with Crippen molar-refractivity contribution in [3.05, 3.63) is 35.9 Å². The quantitative estimate of drug-likeness (QED) is 0.636. The molecule has 0 bridgehead atoms. The van der Waals surface area contributed by atoms with Gasteiger partial charge in [-0.25, -0.2) is 0 Å². The van der Waals surface area contributed by atoms with Crippen LogP contribution in [0.1, 0.15) is 10.9 Å². The van der Waals surface area contributed by atoms with E-state index >= 15 is 0 Å². The van der Waals surface area contributed by atoms with Crippen molar-refractivity contribution in [2.24, 2.45) is 0 Å². The second-order valence-corrected chi connectivity index (χ2v) is 4.48. The zero-order valence-corrected chi connectivity index (χ0v) is 10.1. The maximum Gasteiger partial charge on any atom is 0.242 e. The molecule has 1 unspecified atom stereocenters. The number of carbonyl (C=O) groups excluding carboxylic acids is 1. The Kier molecular flexibility index (Phi) is 5.58. The van der Waals surface area contributed by atoms with E-state index in [1.165, 1.54) is 0 Å².